The summed E-state index contributed by atoms with van der Waals surface area (Å²) >= 11 is 1.65. The molecule has 0 saturated heterocycles. The molecule has 7 nitrogen and oxygen atoms in total. The van der Waals surface area contributed by atoms with Crippen molar-refractivity contribution in [1.82, 2.24) is 20.3 Å². The van der Waals surface area contributed by atoms with Gasteiger partial charge in [-0.15, -0.1) is 5.10 Å². The van der Waals surface area contributed by atoms with Crippen LogP contribution in [0.25, 0.3) is 0 Å². The Hall–Kier alpha value is -1.57. The first-order valence-electron chi connectivity index (χ1n) is 4.96. The van der Waals surface area contributed by atoms with Crippen LogP contribution < -0.4 is 5.32 Å². The minimum Gasteiger partial charge on any atom is -0.476 e. The summed E-state index contributed by atoms with van der Waals surface area (Å²) < 4.78 is 1.20. The van der Waals surface area contributed by atoms with E-state index >= 15 is 0 Å². The second-order valence-electron chi connectivity index (χ2n) is 3.46. The number of rotatable bonds is 6. The van der Waals surface area contributed by atoms with Gasteiger partial charge in [-0.1, -0.05) is 12.1 Å². The van der Waals surface area contributed by atoms with Crippen LogP contribution in [0.5, 0.6) is 0 Å². The summed E-state index contributed by atoms with van der Waals surface area (Å²) in [5.74, 6) is -1.37. The summed E-state index contributed by atoms with van der Waals surface area (Å²) in [7, 11) is 0. The summed E-state index contributed by atoms with van der Waals surface area (Å²) in [6.07, 6.45) is 3.19. The molecule has 0 radical (unpaired) electrons. The number of carbonyl (C=O) groups excluding carboxylic acids is 1. The number of aromatic carboxylic acids is 1. The smallest absolute Gasteiger partial charge is 0.358 e. The Bertz CT molecular complexity index is 407. The fraction of sp³-hybridized carbons (Fsp3) is 0.556. The standard InChI is InChI=1S/C9H14N4O3S/c1-6(17-2)3-10-8(14)5-13-4-7(9(15)16)11-12-13/h4,6H,3,5H2,1-2H3,(H,10,14)(H,15,16). The Balaban J connectivity index is 2.42. The number of nitrogens with zero attached hydrogens (tertiary/aromatic N) is 3. The van der Waals surface area contributed by atoms with Gasteiger partial charge in [-0.2, -0.15) is 11.8 Å². The van der Waals surface area contributed by atoms with Gasteiger partial charge in [0.2, 0.25) is 5.91 Å². The van der Waals surface area contributed by atoms with Crippen LogP contribution in [0.2, 0.25) is 0 Å². The third kappa shape index (κ3) is 4.43. The number of carbonyl (C=O) groups is 2. The molecule has 1 amide bonds. The van der Waals surface area contributed by atoms with E-state index < -0.39 is 5.97 Å². The van der Waals surface area contributed by atoms with Crippen LogP contribution in [0.3, 0.4) is 0 Å². The summed E-state index contributed by atoms with van der Waals surface area (Å²) in [6, 6.07) is 0. The topological polar surface area (TPSA) is 97.1 Å². The Morgan fingerprint density at radius 2 is 2.35 bits per heavy atom. The molecule has 0 aromatic carbocycles. The third-order valence-electron chi connectivity index (χ3n) is 2.05. The van der Waals surface area contributed by atoms with E-state index in [0.29, 0.717) is 11.8 Å². The van der Waals surface area contributed by atoms with Crippen molar-refractivity contribution >= 4 is 23.6 Å². The second kappa shape index (κ2) is 6.24. The zero-order chi connectivity index (χ0) is 12.8. The van der Waals surface area contributed by atoms with E-state index in [1.165, 1.54) is 10.9 Å². The van der Waals surface area contributed by atoms with Crippen LogP contribution in [0.1, 0.15) is 17.4 Å². The van der Waals surface area contributed by atoms with Crippen LogP contribution in [-0.4, -0.2) is 50.0 Å². The molecular formula is C9H14N4O3S. The molecule has 1 heterocycles. The van der Waals surface area contributed by atoms with Crippen LogP contribution in [0.4, 0.5) is 0 Å². The van der Waals surface area contributed by atoms with E-state index in [2.05, 4.69) is 15.6 Å². The first-order chi connectivity index (χ1) is 8.02. The molecule has 0 aliphatic rings. The second-order valence-corrected chi connectivity index (χ2v) is 4.73. The van der Waals surface area contributed by atoms with Crippen LogP contribution in [-0.2, 0) is 11.3 Å². The molecular weight excluding hydrogens is 244 g/mol. The highest BCUT2D eigenvalue weighted by Gasteiger charge is 2.10. The third-order valence-corrected chi connectivity index (χ3v) is 3.02. The summed E-state index contributed by atoms with van der Waals surface area (Å²) in [4.78, 5) is 22.0. The zero-order valence-electron chi connectivity index (χ0n) is 9.58. The van der Waals surface area contributed by atoms with Crippen molar-refractivity contribution in [2.45, 2.75) is 18.7 Å². The first-order valence-corrected chi connectivity index (χ1v) is 6.24. The van der Waals surface area contributed by atoms with E-state index in [4.69, 9.17) is 5.11 Å². The van der Waals surface area contributed by atoms with Gasteiger partial charge in [0.15, 0.2) is 5.69 Å². The molecule has 1 atom stereocenters. The van der Waals surface area contributed by atoms with Gasteiger partial charge in [0.25, 0.3) is 0 Å². The van der Waals surface area contributed by atoms with Crippen molar-refractivity contribution < 1.29 is 14.7 Å². The lowest BCUT2D eigenvalue weighted by atomic mass is 10.4. The number of thioether (sulfide) groups is 1. The van der Waals surface area contributed by atoms with E-state index in [1.807, 2.05) is 13.2 Å². The van der Waals surface area contributed by atoms with E-state index in [9.17, 15) is 9.59 Å². The minimum absolute atomic E-state index is 0.0264. The van der Waals surface area contributed by atoms with Crippen molar-refractivity contribution in [3.63, 3.8) is 0 Å². The average molecular weight is 258 g/mol. The predicted octanol–water partition coefficient (Wildman–Crippen LogP) is -0.156. The molecule has 2 N–H and O–H groups in total. The molecule has 1 aromatic heterocycles. The van der Waals surface area contributed by atoms with Gasteiger partial charge < -0.3 is 10.4 Å². The maximum absolute atomic E-state index is 11.5. The van der Waals surface area contributed by atoms with Crippen LogP contribution in [0, 0.1) is 0 Å². The molecule has 1 rings (SSSR count). The maximum Gasteiger partial charge on any atom is 0.358 e. The van der Waals surface area contributed by atoms with E-state index in [0.717, 1.165) is 0 Å². The lowest BCUT2D eigenvalue weighted by Gasteiger charge is -2.09. The molecule has 0 aliphatic carbocycles. The molecule has 1 unspecified atom stereocenters. The monoisotopic (exact) mass is 258 g/mol. The van der Waals surface area contributed by atoms with Gasteiger partial charge >= 0.3 is 5.97 Å². The SMILES string of the molecule is CSC(C)CNC(=O)Cn1cc(C(=O)O)nn1. The largest absolute Gasteiger partial charge is 0.476 e. The van der Waals surface area contributed by atoms with Crippen molar-refractivity contribution in [3.8, 4) is 0 Å². The highest BCUT2D eigenvalue weighted by molar-refractivity contribution is 7.99. The average Bonchev–Trinajstić information content (AvgIpc) is 2.74. The fourth-order valence-corrected chi connectivity index (χ4v) is 1.27. The van der Waals surface area contributed by atoms with Crippen molar-refractivity contribution in [2.75, 3.05) is 12.8 Å². The lowest BCUT2D eigenvalue weighted by Crippen LogP contribution is -2.32. The first kappa shape index (κ1) is 13.5. The lowest BCUT2D eigenvalue weighted by molar-refractivity contribution is -0.121. The maximum atomic E-state index is 11.5. The number of hydrogen-bond donors (Lipinski definition) is 2. The Morgan fingerprint density at radius 3 is 2.88 bits per heavy atom. The molecule has 94 valence electrons. The Kier molecular flexibility index (Phi) is 4.95. The summed E-state index contributed by atoms with van der Waals surface area (Å²) in [5.41, 5.74) is -0.171. The molecule has 1 aromatic rings. The molecule has 0 aliphatic heterocycles. The fourth-order valence-electron chi connectivity index (χ4n) is 1.02. The predicted molar refractivity (Wildman–Crippen MR) is 63.0 cm³/mol. The van der Waals surface area contributed by atoms with Gasteiger partial charge in [0, 0.05) is 11.8 Å². The highest BCUT2D eigenvalue weighted by atomic mass is 32.2. The number of nitrogens with one attached hydrogen (secondary N) is 1. The van der Waals surface area contributed by atoms with Crippen molar-refractivity contribution in [1.29, 1.82) is 0 Å². The van der Waals surface area contributed by atoms with Gasteiger partial charge in [-0.25, -0.2) is 9.48 Å². The molecule has 0 fully saturated rings. The van der Waals surface area contributed by atoms with E-state index in [1.54, 1.807) is 11.8 Å². The normalized spacial score (nSPS) is 12.1. The molecule has 17 heavy (non-hydrogen) atoms. The Morgan fingerprint density at radius 1 is 1.65 bits per heavy atom. The molecule has 8 heteroatoms. The van der Waals surface area contributed by atoms with Gasteiger partial charge in [-0.3, -0.25) is 4.79 Å². The van der Waals surface area contributed by atoms with Crippen molar-refractivity contribution in [2.24, 2.45) is 0 Å². The number of carboxylic acids is 1. The number of hydrogen-bond acceptors (Lipinski definition) is 5. The molecule has 0 bridgehead atoms. The molecule has 0 spiro atoms. The molecule has 0 saturated carbocycles. The van der Waals surface area contributed by atoms with Gasteiger partial charge in [0.05, 0.1) is 6.20 Å². The quantitative estimate of drug-likeness (QED) is 0.736. The highest BCUT2D eigenvalue weighted by Crippen LogP contribution is 2.02. The van der Waals surface area contributed by atoms with Gasteiger partial charge in [-0.05, 0) is 6.26 Å². The van der Waals surface area contributed by atoms with Crippen LogP contribution >= 0.6 is 11.8 Å². The minimum atomic E-state index is -1.16. The summed E-state index contributed by atoms with van der Waals surface area (Å²) in [5, 5.41) is 18.6. The number of amides is 1. The van der Waals surface area contributed by atoms with Gasteiger partial charge in [0.1, 0.15) is 6.54 Å². The van der Waals surface area contributed by atoms with Crippen LogP contribution in [0.15, 0.2) is 6.20 Å². The van der Waals surface area contributed by atoms with E-state index in [-0.39, 0.29) is 18.1 Å². The van der Waals surface area contributed by atoms with Crippen molar-refractivity contribution in [3.05, 3.63) is 11.9 Å². The number of carboxylic acid groups (broad SMARTS) is 1. The number of aromatic nitrogens is 3. The Labute approximate surface area is 103 Å². The zero-order valence-corrected chi connectivity index (χ0v) is 10.4. The summed E-state index contributed by atoms with van der Waals surface area (Å²) in [6.45, 7) is 2.55.